The van der Waals surface area contributed by atoms with E-state index in [2.05, 4.69) is 15.6 Å². The Hall–Kier alpha value is -1.33. The monoisotopic (exact) mass is 273 g/mol. The Morgan fingerprint density at radius 3 is 2.61 bits per heavy atom. The summed E-state index contributed by atoms with van der Waals surface area (Å²) < 4.78 is 0. The van der Waals surface area contributed by atoms with Crippen LogP contribution in [0.3, 0.4) is 0 Å². The first-order chi connectivity index (χ1) is 8.04. The SMILES string of the molecule is CNCCC(=O)NCc1c(C)cc(C)[nH]c1=O.Cl. The molecule has 1 amide bonds. The molecule has 1 aromatic heterocycles. The van der Waals surface area contributed by atoms with Gasteiger partial charge in [0.15, 0.2) is 0 Å². The van der Waals surface area contributed by atoms with Crippen molar-refractivity contribution in [2.24, 2.45) is 0 Å². The molecule has 0 aliphatic carbocycles. The molecule has 6 heteroatoms. The van der Waals surface area contributed by atoms with Crippen molar-refractivity contribution in [1.29, 1.82) is 0 Å². The van der Waals surface area contributed by atoms with E-state index >= 15 is 0 Å². The number of rotatable bonds is 5. The Morgan fingerprint density at radius 1 is 1.39 bits per heavy atom. The predicted molar refractivity (Wildman–Crippen MR) is 74.2 cm³/mol. The summed E-state index contributed by atoms with van der Waals surface area (Å²) in [6.45, 7) is 4.63. The molecule has 5 nitrogen and oxygen atoms in total. The lowest BCUT2D eigenvalue weighted by atomic mass is 10.1. The highest BCUT2D eigenvalue weighted by Gasteiger charge is 2.06. The Bertz CT molecular complexity index is 457. The Morgan fingerprint density at radius 2 is 2.06 bits per heavy atom. The van der Waals surface area contributed by atoms with Crippen molar-refractivity contribution in [3.63, 3.8) is 0 Å². The quantitative estimate of drug-likeness (QED) is 0.737. The zero-order valence-corrected chi connectivity index (χ0v) is 11.7. The number of halogens is 1. The van der Waals surface area contributed by atoms with Crippen LogP contribution >= 0.6 is 12.4 Å². The van der Waals surface area contributed by atoms with Gasteiger partial charge in [0.1, 0.15) is 0 Å². The summed E-state index contributed by atoms with van der Waals surface area (Å²) in [4.78, 5) is 25.8. The summed E-state index contributed by atoms with van der Waals surface area (Å²) in [6, 6.07) is 1.90. The lowest BCUT2D eigenvalue weighted by molar-refractivity contribution is -0.121. The van der Waals surface area contributed by atoms with E-state index in [1.54, 1.807) is 7.05 Å². The molecule has 18 heavy (non-hydrogen) atoms. The van der Waals surface area contributed by atoms with Gasteiger partial charge < -0.3 is 15.6 Å². The number of carbonyl (C=O) groups excluding carboxylic acids is 1. The smallest absolute Gasteiger partial charge is 0.253 e. The molecule has 102 valence electrons. The average molecular weight is 274 g/mol. The number of hydrogen-bond acceptors (Lipinski definition) is 3. The first-order valence-electron chi connectivity index (χ1n) is 5.65. The van der Waals surface area contributed by atoms with E-state index < -0.39 is 0 Å². The molecule has 0 saturated carbocycles. The molecule has 0 fully saturated rings. The van der Waals surface area contributed by atoms with Crippen LogP contribution in [0.2, 0.25) is 0 Å². The molecule has 0 bridgehead atoms. The van der Waals surface area contributed by atoms with E-state index in [0.29, 0.717) is 18.5 Å². The molecular weight excluding hydrogens is 254 g/mol. The molecule has 0 spiro atoms. The molecule has 0 atom stereocenters. The molecular formula is C12H20ClN3O2. The maximum atomic E-state index is 11.7. The molecule has 1 rings (SSSR count). The van der Waals surface area contributed by atoms with Crippen molar-refractivity contribution in [3.8, 4) is 0 Å². The Balaban J connectivity index is 0.00000289. The second-order valence-corrected chi connectivity index (χ2v) is 4.07. The summed E-state index contributed by atoms with van der Waals surface area (Å²) in [5.74, 6) is -0.0567. The van der Waals surface area contributed by atoms with Crippen molar-refractivity contribution < 1.29 is 4.79 Å². The number of H-pyrrole nitrogens is 1. The summed E-state index contributed by atoms with van der Waals surface area (Å²) in [7, 11) is 1.79. The van der Waals surface area contributed by atoms with Crippen LogP contribution in [0.1, 0.15) is 23.2 Å². The maximum absolute atomic E-state index is 11.7. The molecule has 0 saturated heterocycles. The highest BCUT2D eigenvalue weighted by Crippen LogP contribution is 2.02. The number of aryl methyl sites for hydroxylation is 2. The first-order valence-corrected chi connectivity index (χ1v) is 5.65. The van der Waals surface area contributed by atoms with Gasteiger partial charge in [0.2, 0.25) is 5.91 Å². The zero-order chi connectivity index (χ0) is 12.8. The van der Waals surface area contributed by atoms with Crippen molar-refractivity contribution in [2.45, 2.75) is 26.8 Å². The number of carbonyl (C=O) groups is 1. The number of hydrogen-bond donors (Lipinski definition) is 3. The van der Waals surface area contributed by atoms with Crippen molar-refractivity contribution in [2.75, 3.05) is 13.6 Å². The van der Waals surface area contributed by atoms with Crippen LogP contribution in [-0.4, -0.2) is 24.5 Å². The van der Waals surface area contributed by atoms with Crippen molar-refractivity contribution >= 4 is 18.3 Å². The molecule has 0 unspecified atom stereocenters. The van der Waals surface area contributed by atoms with Crippen LogP contribution in [0.5, 0.6) is 0 Å². The fourth-order valence-corrected chi connectivity index (χ4v) is 1.62. The third-order valence-electron chi connectivity index (χ3n) is 2.56. The van der Waals surface area contributed by atoms with Crippen LogP contribution in [0, 0.1) is 13.8 Å². The van der Waals surface area contributed by atoms with Gasteiger partial charge in [-0.1, -0.05) is 0 Å². The third-order valence-corrected chi connectivity index (χ3v) is 2.56. The van der Waals surface area contributed by atoms with Crippen LogP contribution < -0.4 is 16.2 Å². The molecule has 0 aliphatic rings. The minimum absolute atomic E-state index is 0. The fourth-order valence-electron chi connectivity index (χ4n) is 1.62. The number of pyridine rings is 1. The molecule has 1 aromatic rings. The Labute approximate surface area is 113 Å². The van der Waals surface area contributed by atoms with Crippen LogP contribution in [0.4, 0.5) is 0 Å². The lowest BCUT2D eigenvalue weighted by Crippen LogP contribution is -2.29. The van der Waals surface area contributed by atoms with Gasteiger partial charge in [-0.2, -0.15) is 0 Å². The van der Waals surface area contributed by atoms with Gasteiger partial charge in [0.25, 0.3) is 5.56 Å². The van der Waals surface area contributed by atoms with Gasteiger partial charge in [-0.25, -0.2) is 0 Å². The zero-order valence-electron chi connectivity index (χ0n) is 10.9. The van der Waals surface area contributed by atoms with E-state index in [1.807, 2.05) is 19.9 Å². The second kappa shape index (κ2) is 7.89. The highest BCUT2D eigenvalue weighted by molar-refractivity contribution is 5.85. The number of aromatic amines is 1. The first kappa shape index (κ1) is 16.7. The number of nitrogens with one attached hydrogen (secondary N) is 3. The van der Waals surface area contributed by atoms with E-state index in [9.17, 15) is 9.59 Å². The van der Waals surface area contributed by atoms with Gasteiger partial charge in [0, 0.05) is 30.8 Å². The number of amides is 1. The summed E-state index contributed by atoms with van der Waals surface area (Å²) in [5, 5.41) is 5.63. The summed E-state index contributed by atoms with van der Waals surface area (Å²) >= 11 is 0. The molecule has 0 aliphatic heterocycles. The summed E-state index contributed by atoms with van der Waals surface area (Å²) in [5.41, 5.74) is 2.22. The van der Waals surface area contributed by atoms with E-state index in [4.69, 9.17) is 0 Å². The van der Waals surface area contributed by atoms with Gasteiger partial charge in [-0.05, 0) is 32.5 Å². The van der Waals surface area contributed by atoms with Crippen molar-refractivity contribution in [3.05, 3.63) is 33.2 Å². The second-order valence-electron chi connectivity index (χ2n) is 4.07. The largest absolute Gasteiger partial charge is 0.352 e. The van der Waals surface area contributed by atoms with E-state index in [1.165, 1.54) is 0 Å². The van der Waals surface area contributed by atoms with E-state index in [-0.39, 0.29) is 30.4 Å². The predicted octanol–water partition coefficient (Wildman–Crippen LogP) is 0.639. The molecule has 1 heterocycles. The van der Waals surface area contributed by atoms with Crippen molar-refractivity contribution in [1.82, 2.24) is 15.6 Å². The minimum atomic E-state index is -0.128. The topological polar surface area (TPSA) is 74.0 Å². The minimum Gasteiger partial charge on any atom is -0.352 e. The van der Waals surface area contributed by atoms with E-state index in [0.717, 1.165) is 11.3 Å². The van der Waals surface area contributed by atoms with Gasteiger partial charge in [-0.15, -0.1) is 12.4 Å². The fraction of sp³-hybridized carbons (Fsp3) is 0.500. The van der Waals surface area contributed by atoms with Crippen LogP contribution in [0.25, 0.3) is 0 Å². The van der Waals surface area contributed by atoms with Gasteiger partial charge in [0.05, 0.1) is 0 Å². The van der Waals surface area contributed by atoms with Gasteiger partial charge >= 0.3 is 0 Å². The Kier molecular flexibility index (Phi) is 7.31. The number of aromatic nitrogens is 1. The average Bonchev–Trinajstić information content (AvgIpc) is 2.24. The summed E-state index contributed by atoms with van der Waals surface area (Å²) in [6.07, 6.45) is 0.416. The van der Waals surface area contributed by atoms with Crippen LogP contribution in [-0.2, 0) is 11.3 Å². The lowest BCUT2D eigenvalue weighted by Gasteiger charge is -2.07. The van der Waals surface area contributed by atoms with Crippen LogP contribution in [0.15, 0.2) is 10.9 Å². The molecule has 0 radical (unpaired) electrons. The molecule has 0 aromatic carbocycles. The normalized spacial score (nSPS) is 9.72. The third kappa shape index (κ3) is 4.89. The van der Waals surface area contributed by atoms with Gasteiger partial charge in [-0.3, -0.25) is 9.59 Å². The maximum Gasteiger partial charge on any atom is 0.253 e. The highest BCUT2D eigenvalue weighted by atomic mass is 35.5. The molecule has 3 N–H and O–H groups in total. The standard InChI is InChI=1S/C12H19N3O2.ClH/c1-8-6-9(2)15-12(17)10(8)7-14-11(16)4-5-13-3;/h6,13H,4-5,7H2,1-3H3,(H,14,16)(H,15,17);1H.